The number of piperazine rings is 1. The second kappa shape index (κ2) is 9.04. The Labute approximate surface area is 172 Å². The summed E-state index contributed by atoms with van der Waals surface area (Å²) in [5.41, 5.74) is 0.907. The monoisotopic (exact) mass is 413 g/mol. The highest BCUT2D eigenvalue weighted by molar-refractivity contribution is 7.21. The van der Waals surface area contributed by atoms with E-state index in [9.17, 15) is 9.59 Å². The summed E-state index contributed by atoms with van der Waals surface area (Å²) in [6, 6.07) is 7.54. The number of anilines is 1. The summed E-state index contributed by atoms with van der Waals surface area (Å²) in [5.74, 6) is 0.755. The van der Waals surface area contributed by atoms with E-state index >= 15 is 0 Å². The van der Waals surface area contributed by atoms with Crippen LogP contribution >= 0.6 is 11.3 Å². The third-order valence-electron chi connectivity index (χ3n) is 4.90. The van der Waals surface area contributed by atoms with Crippen LogP contribution in [0.15, 0.2) is 41.1 Å². The van der Waals surface area contributed by atoms with Gasteiger partial charge in [-0.3, -0.25) is 9.59 Å². The maximum atomic E-state index is 12.4. The van der Waals surface area contributed by atoms with E-state index in [0.717, 1.165) is 34.3 Å². The number of aromatic nitrogens is 2. The predicted octanol–water partition coefficient (Wildman–Crippen LogP) is 2.07. The molecule has 0 aromatic carbocycles. The number of pyridine rings is 1. The molecule has 1 aliphatic rings. The highest BCUT2D eigenvalue weighted by Crippen LogP contribution is 2.27. The lowest BCUT2D eigenvalue weighted by Crippen LogP contribution is -2.49. The molecule has 9 heteroatoms. The van der Waals surface area contributed by atoms with E-state index in [4.69, 9.17) is 4.42 Å². The molecule has 0 radical (unpaired) electrons. The second-order valence-electron chi connectivity index (χ2n) is 6.87. The average molecular weight is 414 g/mol. The quantitative estimate of drug-likeness (QED) is 0.638. The van der Waals surface area contributed by atoms with Gasteiger partial charge >= 0.3 is 0 Å². The van der Waals surface area contributed by atoms with E-state index < -0.39 is 0 Å². The third-order valence-corrected chi connectivity index (χ3v) is 5.94. The molecule has 3 aromatic rings. The Morgan fingerprint density at radius 2 is 2.00 bits per heavy atom. The zero-order valence-corrected chi connectivity index (χ0v) is 16.9. The number of furan rings is 1. The fraction of sp³-hybridized carbons (Fsp3) is 0.400. The van der Waals surface area contributed by atoms with Gasteiger partial charge in [-0.05, 0) is 24.3 Å². The van der Waals surface area contributed by atoms with Crippen molar-refractivity contribution in [2.24, 2.45) is 0 Å². The van der Waals surface area contributed by atoms with Crippen molar-refractivity contribution in [1.82, 2.24) is 20.2 Å². The van der Waals surface area contributed by atoms with E-state index in [-0.39, 0.29) is 24.7 Å². The zero-order chi connectivity index (χ0) is 20.1. The Kier molecular flexibility index (Phi) is 6.04. The molecule has 0 aliphatic carbocycles. The van der Waals surface area contributed by atoms with Gasteiger partial charge in [-0.15, -0.1) is 0 Å². The van der Waals surface area contributed by atoms with Crippen LogP contribution in [-0.4, -0.2) is 59.4 Å². The lowest BCUT2D eigenvalue weighted by atomic mass is 10.2. The number of hydrogen-bond donors (Lipinski definition) is 1. The van der Waals surface area contributed by atoms with Crippen LogP contribution in [0.1, 0.15) is 18.6 Å². The van der Waals surface area contributed by atoms with Crippen LogP contribution in [0.25, 0.3) is 10.3 Å². The molecule has 29 heavy (non-hydrogen) atoms. The number of carbonyl (C=O) groups excluding carboxylic acids is 2. The standard InChI is InChI=1S/C20H23N5O3S/c26-17(21-9-7-15-3-2-14-28-15)5-6-18(27)24-10-12-25(13-11-24)20-23-16-4-1-8-22-19(16)29-20/h1-4,8,14H,5-7,9-13H2,(H,21,26). The molecule has 0 spiro atoms. The van der Waals surface area contributed by atoms with Crippen molar-refractivity contribution in [2.45, 2.75) is 19.3 Å². The summed E-state index contributed by atoms with van der Waals surface area (Å²) in [7, 11) is 0. The van der Waals surface area contributed by atoms with E-state index in [2.05, 4.69) is 20.2 Å². The van der Waals surface area contributed by atoms with Gasteiger partial charge in [-0.2, -0.15) is 0 Å². The van der Waals surface area contributed by atoms with Crippen LogP contribution in [0.4, 0.5) is 5.13 Å². The van der Waals surface area contributed by atoms with E-state index in [1.54, 1.807) is 23.8 Å². The molecule has 1 aliphatic heterocycles. The molecule has 1 fully saturated rings. The van der Waals surface area contributed by atoms with Crippen molar-refractivity contribution in [3.63, 3.8) is 0 Å². The normalized spacial score (nSPS) is 14.3. The first kappa shape index (κ1) is 19.4. The van der Waals surface area contributed by atoms with Crippen LogP contribution in [-0.2, 0) is 16.0 Å². The minimum atomic E-state index is -0.106. The molecule has 4 heterocycles. The van der Waals surface area contributed by atoms with Gasteiger partial charge in [0.2, 0.25) is 11.8 Å². The van der Waals surface area contributed by atoms with Crippen molar-refractivity contribution in [2.75, 3.05) is 37.6 Å². The minimum Gasteiger partial charge on any atom is -0.469 e. The number of hydrogen-bond acceptors (Lipinski definition) is 7. The number of rotatable bonds is 7. The van der Waals surface area contributed by atoms with Gasteiger partial charge in [-0.1, -0.05) is 11.3 Å². The maximum Gasteiger partial charge on any atom is 0.223 e. The lowest BCUT2D eigenvalue weighted by Gasteiger charge is -2.34. The SMILES string of the molecule is O=C(CCC(=O)N1CCN(c2nc3cccnc3s2)CC1)NCCc1ccco1. The van der Waals surface area contributed by atoms with Crippen molar-refractivity contribution in [3.05, 3.63) is 42.5 Å². The molecule has 0 saturated carbocycles. The Bertz CT molecular complexity index is 931. The van der Waals surface area contributed by atoms with Gasteiger partial charge in [0, 0.05) is 58.2 Å². The number of fused-ring (bicyclic) bond motifs is 1. The summed E-state index contributed by atoms with van der Waals surface area (Å²) in [4.78, 5) is 38.3. The molecule has 4 rings (SSSR count). The number of amides is 2. The Balaban J connectivity index is 1.18. The second-order valence-corrected chi connectivity index (χ2v) is 7.83. The maximum absolute atomic E-state index is 12.4. The predicted molar refractivity (Wildman–Crippen MR) is 111 cm³/mol. The van der Waals surface area contributed by atoms with E-state index in [1.165, 1.54) is 0 Å². The molecule has 1 N–H and O–H groups in total. The molecule has 0 unspecified atom stereocenters. The molecule has 152 valence electrons. The van der Waals surface area contributed by atoms with Crippen molar-refractivity contribution < 1.29 is 14.0 Å². The zero-order valence-electron chi connectivity index (χ0n) is 16.0. The minimum absolute atomic E-state index is 0.0248. The first-order valence-corrected chi connectivity index (χ1v) is 10.5. The number of carbonyl (C=O) groups is 2. The Hall–Kier alpha value is -2.94. The van der Waals surface area contributed by atoms with Gasteiger partial charge < -0.3 is 19.5 Å². The van der Waals surface area contributed by atoms with Crippen molar-refractivity contribution in [3.8, 4) is 0 Å². The molecule has 2 amide bonds. The summed E-state index contributed by atoms with van der Waals surface area (Å²) < 4.78 is 5.23. The lowest BCUT2D eigenvalue weighted by molar-refractivity contribution is -0.133. The third kappa shape index (κ3) is 4.92. The van der Waals surface area contributed by atoms with Gasteiger partial charge in [0.05, 0.1) is 6.26 Å². The first-order chi connectivity index (χ1) is 14.2. The molecule has 0 atom stereocenters. The smallest absolute Gasteiger partial charge is 0.223 e. The molecule has 3 aromatic heterocycles. The van der Waals surface area contributed by atoms with E-state index in [0.29, 0.717) is 26.1 Å². The fourth-order valence-corrected chi connectivity index (χ4v) is 4.25. The fourth-order valence-electron chi connectivity index (χ4n) is 3.29. The van der Waals surface area contributed by atoms with Crippen LogP contribution in [0.2, 0.25) is 0 Å². The van der Waals surface area contributed by atoms with Crippen molar-refractivity contribution in [1.29, 1.82) is 0 Å². The summed E-state index contributed by atoms with van der Waals surface area (Å²) >= 11 is 1.57. The van der Waals surface area contributed by atoms with Crippen molar-refractivity contribution >= 4 is 38.6 Å². The van der Waals surface area contributed by atoms with Crippen LogP contribution in [0.3, 0.4) is 0 Å². The van der Waals surface area contributed by atoms with Crippen LogP contribution in [0, 0.1) is 0 Å². The average Bonchev–Trinajstić information content (AvgIpc) is 3.42. The number of nitrogens with zero attached hydrogens (tertiary/aromatic N) is 4. The molecule has 8 nitrogen and oxygen atoms in total. The van der Waals surface area contributed by atoms with Gasteiger partial charge in [0.25, 0.3) is 0 Å². The molecule has 1 saturated heterocycles. The number of thiazole rings is 1. The molecular formula is C20H23N5O3S. The number of nitrogens with one attached hydrogen (secondary N) is 1. The highest BCUT2D eigenvalue weighted by Gasteiger charge is 2.23. The first-order valence-electron chi connectivity index (χ1n) is 9.72. The summed E-state index contributed by atoms with van der Waals surface area (Å²) in [6.45, 7) is 3.27. The topological polar surface area (TPSA) is 91.6 Å². The van der Waals surface area contributed by atoms with Gasteiger partial charge in [-0.25, -0.2) is 9.97 Å². The summed E-state index contributed by atoms with van der Waals surface area (Å²) in [5, 5.41) is 3.78. The van der Waals surface area contributed by atoms with E-state index in [1.807, 2.05) is 29.2 Å². The van der Waals surface area contributed by atoms with Crippen LogP contribution in [0.5, 0.6) is 0 Å². The largest absolute Gasteiger partial charge is 0.469 e. The summed E-state index contributed by atoms with van der Waals surface area (Å²) in [6.07, 6.45) is 4.48. The van der Waals surface area contributed by atoms with Gasteiger partial charge in [0.15, 0.2) is 5.13 Å². The Morgan fingerprint density at radius 1 is 1.14 bits per heavy atom. The Morgan fingerprint density at radius 3 is 2.76 bits per heavy atom. The molecular weight excluding hydrogens is 390 g/mol. The highest BCUT2D eigenvalue weighted by atomic mass is 32.1. The van der Waals surface area contributed by atoms with Crippen LogP contribution < -0.4 is 10.2 Å². The van der Waals surface area contributed by atoms with Gasteiger partial charge in [0.1, 0.15) is 16.1 Å². The molecule has 0 bridgehead atoms.